The number of para-hydroxylation sites is 2. The van der Waals surface area contributed by atoms with Crippen molar-refractivity contribution in [1.82, 2.24) is 20.3 Å². The van der Waals surface area contributed by atoms with Gasteiger partial charge in [0.15, 0.2) is 23.9 Å². The minimum absolute atomic E-state index is 0.132. The monoisotopic (exact) mass is 360 g/mol. The van der Waals surface area contributed by atoms with Gasteiger partial charge in [0.1, 0.15) is 0 Å². The predicted octanol–water partition coefficient (Wildman–Crippen LogP) is 0.707. The Morgan fingerprint density at radius 1 is 1.00 bits per heavy atom. The Hall–Kier alpha value is -3.10. The van der Waals surface area contributed by atoms with Crippen molar-refractivity contribution >= 4 is 17.8 Å². The summed E-state index contributed by atoms with van der Waals surface area (Å²) in [6.07, 6.45) is 0. The molecule has 0 bridgehead atoms. The van der Waals surface area contributed by atoms with Crippen molar-refractivity contribution in [3.8, 4) is 11.5 Å². The first-order valence-electron chi connectivity index (χ1n) is 8.03. The summed E-state index contributed by atoms with van der Waals surface area (Å²) < 4.78 is 10.7. The van der Waals surface area contributed by atoms with Crippen LogP contribution in [-0.4, -0.2) is 62.8 Å². The molecule has 1 heterocycles. The summed E-state index contributed by atoms with van der Waals surface area (Å²) in [5.41, 5.74) is 0. The Labute approximate surface area is 153 Å². The lowest BCUT2D eigenvalue weighted by molar-refractivity contribution is -0.123. The van der Waals surface area contributed by atoms with E-state index in [1.165, 1.54) is 0 Å². The molecule has 0 unspecified atom stereocenters. The van der Waals surface area contributed by atoms with Gasteiger partial charge < -0.3 is 24.6 Å². The highest BCUT2D eigenvalue weighted by Crippen LogP contribution is 2.25. The minimum atomic E-state index is -0.283. The fourth-order valence-corrected chi connectivity index (χ4v) is 1.98. The van der Waals surface area contributed by atoms with E-state index in [4.69, 9.17) is 9.47 Å². The lowest BCUT2D eigenvalue weighted by Gasteiger charge is -2.16. The standard InChI is InChI=1S/C17H24N6O3/c1-22(2)16-19-14(20-17(21-16)23(3)4)10-18-15(24)11-26-13-9-7-6-8-12(13)25-5/h6-9H,10-11H2,1-5H3,(H,18,24). The van der Waals surface area contributed by atoms with E-state index in [-0.39, 0.29) is 19.1 Å². The number of methoxy groups -OCH3 is 1. The van der Waals surface area contributed by atoms with Crippen molar-refractivity contribution in [2.75, 3.05) is 51.7 Å². The lowest BCUT2D eigenvalue weighted by atomic mass is 10.3. The highest BCUT2D eigenvalue weighted by molar-refractivity contribution is 5.77. The number of carbonyl (C=O) groups excluding carboxylic acids is 1. The summed E-state index contributed by atoms with van der Waals surface area (Å²) in [6.45, 7) is 0.0465. The molecule has 0 aliphatic carbocycles. The van der Waals surface area contributed by atoms with Gasteiger partial charge in [-0.05, 0) is 12.1 Å². The maximum absolute atomic E-state index is 12.1. The highest BCUT2D eigenvalue weighted by atomic mass is 16.5. The van der Waals surface area contributed by atoms with Crippen LogP contribution >= 0.6 is 0 Å². The number of hydrogen-bond donors (Lipinski definition) is 1. The number of aromatic nitrogens is 3. The van der Waals surface area contributed by atoms with Crippen LogP contribution < -0.4 is 24.6 Å². The zero-order chi connectivity index (χ0) is 19.1. The van der Waals surface area contributed by atoms with E-state index >= 15 is 0 Å². The van der Waals surface area contributed by atoms with Gasteiger partial charge in [-0.3, -0.25) is 4.79 Å². The average Bonchev–Trinajstić information content (AvgIpc) is 2.64. The number of carbonyl (C=O) groups is 1. The zero-order valence-corrected chi connectivity index (χ0v) is 15.7. The molecule has 9 nitrogen and oxygen atoms in total. The molecule has 0 spiro atoms. The van der Waals surface area contributed by atoms with Crippen LogP contribution in [0, 0.1) is 0 Å². The van der Waals surface area contributed by atoms with Crippen LogP contribution in [0.1, 0.15) is 5.82 Å². The number of rotatable bonds is 8. The normalized spacial score (nSPS) is 10.2. The van der Waals surface area contributed by atoms with E-state index in [9.17, 15) is 4.79 Å². The maximum Gasteiger partial charge on any atom is 0.258 e. The molecule has 2 aromatic rings. The van der Waals surface area contributed by atoms with Crippen molar-refractivity contribution in [1.29, 1.82) is 0 Å². The largest absolute Gasteiger partial charge is 0.493 e. The first-order chi connectivity index (χ1) is 12.4. The molecule has 0 saturated carbocycles. The Bertz CT molecular complexity index is 725. The van der Waals surface area contributed by atoms with Crippen LogP contribution in [0.3, 0.4) is 0 Å². The zero-order valence-electron chi connectivity index (χ0n) is 15.7. The molecule has 1 N–H and O–H groups in total. The number of nitrogens with zero attached hydrogens (tertiary/aromatic N) is 5. The molecule has 0 aliphatic heterocycles. The van der Waals surface area contributed by atoms with E-state index in [0.717, 1.165) is 0 Å². The van der Waals surface area contributed by atoms with Gasteiger partial charge in [0.05, 0.1) is 13.7 Å². The molecule has 1 aromatic heterocycles. The molecule has 0 radical (unpaired) electrons. The molecule has 1 amide bonds. The van der Waals surface area contributed by atoms with Crippen molar-refractivity contribution < 1.29 is 14.3 Å². The Balaban J connectivity index is 1.96. The summed E-state index contributed by atoms with van der Waals surface area (Å²) in [5, 5.41) is 2.74. The second-order valence-corrected chi connectivity index (χ2v) is 5.86. The fraction of sp³-hybridized carbons (Fsp3) is 0.412. The number of anilines is 2. The molecule has 0 aliphatic rings. The van der Waals surface area contributed by atoms with Gasteiger partial charge in [0, 0.05) is 28.2 Å². The maximum atomic E-state index is 12.1. The summed E-state index contributed by atoms with van der Waals surface area (Å²) in [4.78, 5) is 28.6. The van der Waals surface area contributed by atoms with Crippen LogP contribution in [0.5, 0.6) is 11.5 Å². The summed E-state index contributed by atoms with van der Waals surface area (Å²) in [7, 11) is 8.93. The van der Waals surface area contributed by atoms with E-state index in [1.54, 1.807) is 29.0 Å². The Morgan fingerprint density at radius 2 is 1.58 bits per heavy atom. The summed E-state index contributed by atoms with van der Waals surface area (Å²) >= 11 is 0. The number of nitrogens with one attached hydrogen (secondary N) is 1. The fourth-order valence-electron chi connectivity index (χ4n) is 1.98. The average molecular weight is 360 g/mol. The first-order valence-corrected chi connectivity index (χ1v) is 8.03. The smallest absolute Gasteiger partial charge is 0.258 e. The molecule has 1 aromatic carbocycles. The second kappa shape index (κ2) is 8.84. The van der Waals surface area contributed by atoms with Gasteiger partial charge in [-0.15, -0.1) is 0 Å². The molecular weight excluding hydrogens is 336 g/mol. The van der Waals surface area contributed by atoms with Gasteiger partial charge in [0.25, 0.3) is 5.91 Å². The third-order valence-electron chi connectivity index (χ3n) is 3.33. The van der Waals surface area contributed by atoms with Gasteiger partial charge in [-0.2, -0.15) is 15.0 Å². The topological polar surface area (TPSA) is 92.7 Å². The van der Waals surface area contributed by atoms with Crippen LogP contribution in [-0.2, 0) is 11.3 Å². The van der Waals surface area contributed by atoms with Gasteiger partial charge in [-0.1, -0.05) is 12.1 Å². The molecule has 0 atom stereocenters. The molecule has 140 valence electrons. The van der Waals surface area contributed by atoms with E-state index in [0.29, 0.717) is 29.2 Å². The second-order valence-electron chi connectivity index (χ2n) is 5.86. The number of amides is 1. The van der Waals surface area contributed by atoms with E-state index in [1.807, 2.05) is 40.3 Å². The molecule has 9 heteroatoms. The number of ether oxygens (including phenoxy) is 2. The molecule has 2 rings (SSSR count). The van der Waals surface area contributed by atoms with Crippen molar-refractivity contribution in [2.45, 2.75) is 6.54 Å². The Morgan fingerprint density at radius 3 is 2.12 bits per heavy atom. The third kappa shape index (κ3) is 5.20. The summed E-state index contributed by atoms with van der Waals surface area (Å²) in [6, 6.07) is 7.15. The highest BCUT2D eigenvalue weighted by Gasteiger charge is 2.11. The van der Waals surface area contributed by atoms with Crippen LogP contribution in [0.25, 0.3) is 0 Å². The molecule has 0 fully saturated rings. The van der Waals surface area contributed by atoms with Crippen molar-refractivity contribution in [3.05, 3.63) is 30.1 Å². The molecule has 26 heavy (non-hydrogen) atoms. The third-order valence-corrected chi connectivity index (χ3v) is 3.33. The van der Waals surface area contributed by atoms with Crippen molar-refractivity contribution in [2.24, 2.45) is 0 Å². The van der Waals surface area contributed by atoms with Crippen LogP contribution in [0.4, 0.5) is 11.9 Å². The quantitative estimate of drug-likeness (QED) is 0.736. The first kappa shape index (κ1) is 19.2. The molecular formula is C17H24N6O3. The van der Waals surface area contributed by atoms with Crippen LogP contribution in [0.2, 0.25) is 0 Å². The van der Waals surface area contributed by atoms with E-state index < -0.39 is 0 Å². The SMILES string of the molecule is COc1ccccc1OCC(=O)NCc1nc(N(C)C)nc(N(C)C)n1. The molecule has 0 saturated heterocycles. The van der Waals surface area contributed by atoms with Gasteiger partial charge in [-0.25, -0.2) is 0 Å². The van der Waals surface area contributed by atoms with Gasteiger partial charge in [0.2, 0.25) is 11.9 Å². The Kier molecular flexibility index (Phi) is 6.54. The van der Waals surface area contributed by atoms with Crippen LogP contribution in [0.15, 0.2) is 24.3 Å². The lowest BCUT2D eigenvalue weighted by Crippen LogP contribution is -2.30. The minimum Gasteiger partial charge on any atom is -0.493 e. The number of benzene rings is 1. The summed E-state index contributed by atoms with van der Waals surface area (Å²) in [5.74, 6) is 2.32. The predicted molar refractivity (Wildman–Crippen MR) is 98.8 cm³/mol. The van der Waals surface area contributed by atoms with Gasteiger partial charge >= 0.3 is 0 Å². The number of hydrogen-bond acceptors (Lipinski definition) is 8. The van der Waals surface area contributed by atoms with E-state index in [2.05, 4.69) is 20.3 Å². The van der Waals surface area contributed by atoms with Crippen molar-refractivity contribution in [3.63, 3.8) is 0 Å².